The molecule has 1 N–H and O–H groups in total. The minimum absolute atomic E-state index is 0.201. The van der Waals surface area contributed by atoms with Crippen molar-refractivity contribution >= 4 is 22.6 Å². The molecule has 0 atom stereocenters. The molecule has 0 unspecified atom stereocenters. The van der Waals surface area contributed by atoms with Gasteiger partial charge in [0.25, 0.3) is 0 Å². The Morgan fingerprint density at radius 2 is 2.00 bits per heavy atom. The average Bonchev–Trinajstić information content (AvgIpc) is 2.51. The van der Waals surface area contributed by atoms with E-state index in [1.165, 1.54) is 0 Å². The first kappa shape index (κ1) is 15.2. The van der Waals surface area contributed by atoms with Gasteiger partial charge in [-0.05, 0) is 19.9 Å². The number of benzene rings is 1. The highest BCUT2D eigenvalue weighted by Crippen LogP contribution is 2.24. The van der Waals surface area contributed by atoms with Crippen LogP contribution in [0.1, 0.15) is 24.3 Å². The van der Waals surface area contributed by atoms with Crippen LogP contribution in [-0.4, -0.2) is 42.5 Å². The van der Waals surface area contributed by atoms with Crippen molar-refractivity contribution in [2.75, 3.05) is 31.7 Å². The molecular formula is C15H19N3O3. The highest BCUT2D eigenvalue weighted by Gasteiger charge is 2.18. The number of fused-ring (bicyclic) bond motifs is 1. The molecule has 0 saturated carbocycles. The minimum atomic E-state index is -0.477. The van der Waals surface area contributed by atoms with Crippen molar-refractivity contribution < 1.29 is 14.3 Å². The van der Waals surface area contributed by atoms with E-state index in [4.69, 9.17) is 9.47 Å². The SMILES string of the molecule is CCOCCNc1c(C(=O)OCC)nnc2ccccc12. The summed E-state index contributed by atoms with van der Waals surface area (Å²) in [4.78, 5) is 12.0. The van der Waals surface area contributed by atoms with Crippen molar-refractivity contribution in [1.82, 2.24) is 10.2 Å². The molecule has 0 aliphatic carbocycles. The van der Waals surface area contributed by atoms with Gasteiger partial charge in [-0.15, -0.1) is 10.2 Å². The number of nitrogens with one attached hydrogen (secondary N) is 1. The van der Waals surface area contributed by atoms with Gasteiger partial charge >= 0.3 is 5.97 Å². The van der Waals surface area contributed by atoms with Gasteiger partial charge in [0, 0.05) is 18.5 Å². The number of hydrogen-bond acceptors (Lipinski definition) is 6. The van der Waals surface area contributed by atoms with Gasteiger partial charge in [0.1, 0.15) is 0 Å². The Morgan fingerprint density at radius 3 is 2.76 bits per heavy atom. The Hall–Kier alpha value is -2.21. The fourth-order valence-corrected chi connectivity index (χ4v) is 1.97. The van der Waals surface area contributed by atoms with Crippen LogP contribution in [0.15, 0.2) is 24.3 Å². The zero-order valence-corrected chi connectivity index (χ0v) is 12.3. The minimum Gasteiger partial charge on any atom is -0.461 e. The number of hydrogen-bond donors (Lipinski definition) is 1. The number of nitrogens with zero attached hydrogens (tertiary/aromatic N) is 2. The first-order valence-corrected chi connectivity index (χ1v) is 7.02. The molecule has 2 rings (SSSR count). The lowest BCUT2D eigenvalue weighted by Gasteiger charge is -2.12. The second-order valence-electron chi connectivity index (χ2n) is 4.28. The molecule has 1 heterocycles. The Kier molecular flexibility index (Phi) is 5.45. The summed E-state index contributed by atoms with van der Waals surface area (Å²) < 4.78 is 10.3. The predicted octanol–water partition coefficient (Wildman–Crippen LogP) is 2.25. The molecule has 0 spiro atoms. The topological polar surface area (TPSA) is 73.3 Å². The molecule has 0 radical (unpaired) electrons. The molecule has 0 aliphatic rings. The number of ether oxygens (including phenoxy) is 2. The largest absolute Gasteiger partial charge is 0.461 e. The zero-order chi connectivity index (χ0) is 15.1. The molecule has 0 aliphatic heterocycles. The van der Waals surface area contributed by atoms with Gasteiger partial charge in [0.2, 0.25) is 0 Å². The van der Waals surface area contributed by atoms with Gasteiger partial charge in [-0.1, -0.05) is 18.2 Å². The zero-order valence-electron chi connectivity index (χ0n) is 12.3. The van der Waals surface area contributed by atoms with E-state index in [1.807, 2.05) is 31.2 Å². The summed E-state index contributed by atoms with van der Waals surface area (Å²) in [6.07, 6.45) is 0. The molecule has 6 heteroatoms. The van der Waals surface area contributed by atoms with Crippen molar-refractivity contribution in [3.05, 3.63) is 30.0 Å². The van der Waals surface area contributed by atoms with Crippen molar-refractivity contribution in [1.29, 1.82) is 0 Å². The number of carbonyl (C=O) groups is 1. The lowest BCUT2D eigenvalue weighted by atomic mass is 10.1. The van der Waals surface area contributed by atoms with Crippen LogP contribution >= 0.6 is 0 Å². The third-order valence-electron chi connectivity index (χ3n) is 2.89. The average molecular weight is 289 g/mol. The number of esters is 1. The standard InChI is InChI=1S/C15H19N3O3/c1-3-20-10-9-16-13-11-7-5-6-8-12(11)17-18-14(13)15(19)21-4-2/h5-8H,3-4,9-10H2,1-2H3,(H,16,17). The van der Waals surface area contributed by atoms with E-state index >= 15 is 0 Å². The van der Waals surface area contributed by atoms with E-state index < -0.39 is 5.97 Å². The Labute approximate surface area is 123 Å². The second-order valence-corrected chi connectivity index (χ2v) is 4.28. The summed E-state index contributed by atoms with van der Waals surface area (Å²) in [6.45, 7) is 5.78. The summed E-state index contributed by atoms with van der Waals surface area (Å²) in [5, 5.41) is 12.1. The predicted molar refractivity (Wildman–Crippen MR) is 80.5 cm³/mol. The Morgan fingerprint density at radius 1 is 1.19 bits per heavy atom. The van der Waals surface area contributed by atoms with E-state index in [9.17, 15) is 4.79 Å². The van der Waals surface area contributed by atoms with Crippen molar-refractivity contribution in [3.63, 3.8) is 0 Å². The quantitative estimate of drug-likeness (QED) is 0.622. The van der Waals surface area contributed by atoms with Crippen LogP contribution in [0.2, 0.25) is 0 Å². The lowest BCUT2D eigenvalue weighted by Crippen LogP contribution is -2.16. The Balaban J connectivity index is 2.35. The first-order chi connectivity index (χ1) is 10.3. The summed E-state index contributed by atoms with van der Waals surface area (Å²) in [5.41, 5.74) is 1.57. The number of rotatable bonds is 7. The normalized spacial score (nSPS) is 10.6. The lowest BCUT2D eigenvalue weighted by molar-refractivity contribution is 0.0519. The van der Waals surface area contributed by atoms with Gasteiger partial charge in [-0.25, -0.2) is 4.79 Å². The van der Waals surface area contributed by atoms with Crippen LogP contribution in [0.4, 0.5) is 5.69 Å². The van der Waals surface area contributed by atoms with Gasteiger partial charge in [-0.2, -0.15) is 0 Å². The highest BCUT2D eigenvalue weighted by atomic mass is 16.5. The molecule has 1 aromatic heterocycles. The van der Waals surface area contributed by atoms with Crippen LogP contribution in [0.5, 0.6) is 0 Å². The fourth-order valence-electron chi connectivity index (χ4n) is 1.97. The van der Waals surface area contributed by atoms with Crippen LogP contribution < -0.4 is 5.32 Å². The van der Waals surface area contributed by atoms with E-state index in [1.54, 1.807) is 6.92 Å². The van der Waals surface area contributed by atoms with Crippen LogP contribution in [0, 0.1) is 0 Å². The summed E-state index contributed by atoms with van der Waals surface area (Å²) in [5.74, 6) is -0.477. The van der Waals surface area contributed by atoms with Crippen LogP contribution in [0.25, 0.3) is 10.9 Å². The van der Waals surface area contributed by atoms with Crippen molar-refractivity contribution in [3.8, 4) is 0 Å². The molecule has 21 heavy (non-hydrogen) atoms. The van der Waals surface area contributed by atoms with Gasteiger partial charge in [-0.3, -0.25) is 0 Å². The third kappa shape index (κ3) is 3.66. The summed E-state index contributed by atoms with van der Waals surface area (Å²) in [6, 6.07) is 7.53. The third-order valence-corrected chi connectivity index (χ3v) is 2.89. The maximum absolute atomic E-state index is 12.0. The molecular weight excluding hydrogens is 270 g/mol. The second kappa shape index (κ2) is 7.54. The smallest absolute Gasteiger partial charge is 0.361 e. The summed E-state index contributed by atoms with van der Waals surface area (Å²) in [7, 11) is 0. The van der Waals surface area contributed by atoms with E-state index in [-0.39, 0.29) is 5.69 Å². The maximum atomic E-state index is 12.0. The number of carbonyl (C=O) groups excluding carboxylic acids is 1. The van der Waals surface area contributed by atoms with Crippen molar-refractivity contribution in [2.45, 2.75) is 13.8 Å². The van der Waals surface area contributed by atoms with Crippen LogP contribution in [0.3, 0.4) is 0 Å². The molecule has 112 valence electrons. The molecule has 0 amide bonds. The fraction of sp³-hybridized carbons (Fsp3) is 0.400. The van der Waals surface area contributed by atoms with E-state index in [0.717, 1.165) is 10.9 Å². The molecule has 2 aromatic rings. The highest BCUT2D eigenvalue weighted by molar-refractivity contribution is 6.03. The van der Waals surface area contributed by atoms with Gasteiger partial charge < -0.3 is 14.8 Å². The number of anilines is 1. The summed E-state index contributed by atoms with van der Waals surface area (Å²) >= 11 is 0. The van der Waals surface area contributed by atoms with Gasteiger partial charge in [0.15, 0.2) is 5.69 Å². The maximum Gasteiger partial charge on any atom is 0.361 e. The van der Waals surface area contributed by atoms with Crippen molar-refractivity contribution in [2.24, 2.45) is 0 Å². The molecule has 6 nitrogen and oxygen atoms in total. The monoisotopic (exact) mass is 289 g/mol. The number of aromatic nitrogens is 2. The van der Waals surface area contributed by atoms with E-state index in [0.29, 0.717) is 32.1 Å². The van der Waals surface area contributed by atoms with Crippen LogP contribution in [-0.2, 0) is 9.47 Å². The van der Waals surface area contributed by atoms with E-state index in [2.05, 4.69) is 15.5 Å². The molecule has 1 aromatic carbocycles. The molecule has 0 saturated heterocycles. The Bertz CT molecular complexity index is 616. The molecule has 0 bridgehead atoms. The van der Waals surface area contributed by atoms with Gasteiger partial charge in [0.05, 0.1) is 24.4 Å². The first-order valence-electron chi connectivity index (χ1n) is 7.02. The molecule has 0 fully saturated rings.